The third kappa shape index (κ3) is 2.85. The van der Waals surface area contributed by atoms with Gasteiger partial charge < -0.3 is 11.1 Å². The standard InChI is InChI=1S/C11H11FN4S/c1-14-9-6-10(16-11(13)15-9)17-8-5-3-2-4-7(8)12/h2-6H,1H3,(H3,13,14,15,16). The second kappa shape index (κ2) is 5.01. The summed E-state index contributed by atoms with van der Waals surface area (Å²) in [6.45, 7) is 0. The molecule has 0 unspecified atom stereocenters. The Morgan fingerprint density at radius 3 is 2.76 bits per heavy atom. The van der Waals surface area contributed by atoms with Crippen LogP contribution in [0, 0.1) is 5.82 Å². The lowest BCUT2D eigenvalue weighted by Crippen LogP contribution is -2.00. The van der Waals surface area contributed by atoms with Crippen LogP contribution in [-0.4, -0.2) is 17.0 Å². The van der Waals surface area contributed by atoms with Crippen molar-refractivity contribution in [1.29, 1.82) is 0 Å². The fourth-order valence-corrected chi connectivity index (χ4v) is 2.11. The second-order valence-electron chi connectivity index (χ2n) is 3.23. The summed E-state index contributed by atoms with van der Waals surface area (Å²) < 4.78 is 13.4. The molecule has 0 fully saturated rings. The number of aromatic nitrogens is 2. The van der Waals surface area contributed by atoms with Crippen LogP contribution in [-0.2, 0) is 0 Å². The summed E-state index contributed by atoms with van der Waals surface area (Å²) in [7, 11) is 1.74. The molecule has 0 spiro atoms. The predicted octanol–water partition coefficient (Wildman–Crippen LogP) is 2.39. The highest BCUT2D eigenvalue weighted by molar-refractivity contribution is 7.99. The first kappa shape index (κ1) is 11.7. The fraction of sp³-hybridized carbons (Fsp3) is 0.0909. The average Bonchev–Trinajstić information content (AvgIpc) is 2.31. The monoisotopic (exact) mass is 250 g/mol. The van der Waals surface area contributed by atoms with Crippen LogP contribution in [0.4, 0.5) is 16.2 Å². The van der Waals surface area contributed by atoms with Crippen molar-refractivity contribution in [3.63, 3.8) is 0 Å². The molecule has 0 aliphatic rings. The molecule has 1 aromatic heterocycles. The Hall–Kier alpha value is -1.82. The summed E-state index contributed by atoms with van der Waals surface area (Å²) in [5.74, 6) is 0.493. The highest BCUT2D eigenvalue weighted by Gasteiger charge is 2.06. The van der Waals surface area contributed by atoms with Gasteiger partial charge in [0.1, 0.15) is 16.7 Å². The molecule has 0 amide bonds. The molecule has 17 heavy (non-hydrogen) atoms. The Kier molecular flexibility index (Phi) is 3.43. The third-order valence-corrected chi connectivity index (χ3v) is 3.00. The molecule has 2 rings (SSSR count). The number of anilines is 2. The number of benzene rings is 1. The molecule has 0 atom stereocenters. The molecule has 88 valence electrons. The van der Waals surface area contributed by atoms with Crippen molar-refractivity contribution in [2.24, 2.45) is 0 Å². The molecule has 0 saturated heterocycles. The number of nitrogen functional groups attached to an aromatic ring is 1. The lowest BCUT2D eigenvalue weighted by atomic mass is 10.3. The zero-order chi connectivity index (χ0) is 12.3. The molecule has 0 saturated carbocycles. The van der Waals surface area contributed by atoms with Gasteiger partial charge in [0.25, 0.3) is 0 Å². The van der Waals surface area contributed by atoms with Crippen LogP contribution in [0.2, 0.25) is 0 Å². The molecule has 0 bridgehead atoms. The van der Waals surface area contributed by atoms with E-state index >= 15 is 0 Å². The number of nitrogens with one attached hydrogen (secondary N) is 1. The molecule has 3 N–H and O–H groups in total. The molecule has 1 aromatic carbocycles. The Morgan fingerprint density at radius 2 is 2.06 bits per heavy atom. The van der Waals surface area contributed by atoms with Crippen molar-refractivity contribution in [3.8, 4) is 0 Å². The van der Waals surface area contributed by atoms with Gasteiger partial charge in [-0.3, -0.25) is 0 Å². The zero-order valence-electron chi connectivity index (χ0n) is 9.14. The van der Waals surface area contributed by atoms with E-state index in [2.05, 4.69) is 15.3 Å². The topological polar surface area (TPSA) is 63.8 Å². The maximum absolute atomic E-state index is 13.4. The number of hydrogen-bond acceptors (Lipinski definition) is 5. The van der Waals surface area contributed by atoms with E-state index in [1.165, 1.54) is 17.8 Å². The van der Waals surface area contributed by atoms with Crippen LogP contribution in [0.15, 0.2) is 40.3 Å². The molecule has 0 radical (unpaired) electrons. The number of nitrogens with two attached hydrogens (primary N) is 1. The van der Waals surface area contributed by atoms with Crippen LogP contribution in [0.3, 0.4) is 0 Å². The molecule has 1 heterocycles. The fourth-order valence-electron chi connectivity index (χ4n) is 1.26. The predicted molar refractivity (Wildman–Crippen MR) is 66.5 cm³/mol. The number of rotatable bonds is 3. The molecule has 0 aliphatic heterocycles. The zero-order valence-corrected chi connectivity index (χ0v) is 9.96. The Labute approximate surface area is 102 Å². The quantitative estimate of drug-likeness (QED) is 0.819. The van der Waals surface area contributed by atoms with Gasteiger partial charge in [0.05, 0.1) is 0 Å². The van der Waals surface area contributed by atoms with Gasteiger partial charge in [0.15, 0.2) is 0 Å². The van der Waals surface area contributed by atoms with E-state index in [1.54, 1.807) is 31.3 Å². The summed E-state index contributed by atoms with van der Waals surface area (Å²) in [6, 6.07) is 8.23. The van der Waals surface area contributed by atoms with Gasteiger partial charge in [0, 0.05) is 18.0 Å². The summed E-state index contributed by atoms with van der Waals surface area (Å²) in [4.78, 5) is 8.51. The maximum Gasteiger partial charge on any atom is 0.223 e. The van der Waals surface area contributed by atoms with Crippen LogP contribution >= 0.6 is 11.8 Å². The first-order valence-corrected chi connectivity index (χ1v) is 5.75. The lowest BCUT2D eigenvalue weighted by Gasteiger charge is -2.05. The van der Waals surface area contributed by atoms with Crippen molar-refractivity contribution in [3.05, 3.63) is 36.1 Å². The van der Waals surface area contributed by atoms with Gasteiger partial charge in [-0.15, -0.1) is 0 Å². The van der Waals surface area contributed by atoms with Gasteiger partial charge in [0.2, 0.25) is 5.95 Å². The minimum atomic E-state index is -0.277. The van der Waals surface area contributed by atoms with Crippen molar-refractivity contribution < 1.29 is 4.39 Å². The van der Waals surface area contributed by atoms with Crippen LogP contribution in [0.1, 0.15) is 0 Å². The smallest absolute Gasteiger partial charge is 0.223 e. The molecule has 4 nitrogen and oxygen atoms in total. The number of hydrogen-bond donors (Lipinski definition) is 2. The SMILES string of the molecule is CNc1cc(Sc2ccccc2F)nc(N)n1. The Morgan fingerprint density at radius 1 is 1.29 bits per heavy atom. The van der Waals surface area contributed by atoms with E-state index in [4.69, 9.17) is 5.73 Å². The minimum Gasteiger partial charge on any atom is -0.373 e. The Balaban J connectivity index is 2.30. The average molecular weight is 250 g/mol. The second-order valence-corrected chi connectivity index (χ2v) is 4.29. The summed E-state index contributed by atoms with van der Waals surface area (Å²) in [6.07, 6.45) is 0. The molecular weight excluding hydrogens is 239 g/mol. The van der Waals surface area contributed by atoms with Gasteiger partial charge in [-0.25, -0.2) is 9.37 Å². The summed E-state index contributed by atoms with van der Waals surface area (Å²) >= 11 is 1.21. The van der Waals surface area contributed by atoms with Gasteiger partial charge in [-0.05, 0) is 12.1 Å². The first-order valence-electron chi connectivity index (χ1n) is 4.94. The Bertz CT molecular complexity index is 533. The van der Waals surface area contributed by atoms with E-state index in [9.17, 15) is 4.39 Å². The van der Waals surface area contributed by atoms with Crippen LogP contribution in [0.25, 0.3) is 0 Å². The van der Waals surface area contributed by atoms with E-state index in [1.807, 2.05) is 0 Å². The van der Waals surface area contributed by atoms with Gasteiger partial charge in [-0.1, -0.05) is 23.9 Å². The minimum absolute atomic E-state index is 0.163. The normalized spacial score (nSPS) is 10.2. The van der Waals surface area contributed by atoms with E-state index in [-0.39, 0.29) is 11.8 Å². The van der Waals surface area contributed by atoms with Crippen LogP contribution in [0.5, 0.6) is 0 Å². The molecule has 2 aromatic rings. The van der Waals surface area contributed by atoms with Crippen LogP contribution < -0.4 is 11.1 Å². The van der Waals surface area contributed by atoms with Crippen molar-refractivity contribution in [2.75, 3.05) is 18.1 Å². The largest absolute Gasteiger partial charge is 0.373 e. The van der Waals surface area contributed by atoms with E-state index in [0.717, 1.165) is 0 Å². The van der Waals surface area contributed by atoms with E-state index < -0.39 is 0 Å². The van der Waals surface area contributed by atoms with Crippen molar-refractivity contribution in [1.82, 2.24) is 9.97 Å². The summed E-state index contributed by atoms with van der Waals surface area (Å²) in [5.41, 5.74) is 5.56. The lowest BCUT2D eigenvalue weighted by molar-refractivity contribution is 0.602. The first-order chi connectivity index (χ1) is 8.19. The highest BCUT2D eigenvalue weighted by atomic mass is 32.2. The van der Waals surface area contributed by atoms with Crippen molar-refractivity contribution >= 4 is 23.5 Å². The van der Waals surface area contributed by atoms with Gasteiger partial charge >= 0.3 is 0 Å². The van der Waals surface area contributed by atoms with Crippen molar-refractivity contribution in [2.45, 2.75) is 9.92 Å². The number of nitrogens with zero attached hydrogens (tertiary/aromatic N) is 2. The number of halogens is 1. The maximum atomic E-state index is 13.4. The third-order valence-electron chi connectivity index (χ3n) is 2.03. The highest BCUT2D eigenvalue weighted by Crippen LogP contribution is 2.29. The summed E-state index contributed by atoms with van der Waals surface area (Å²) in [5, 5.41) is 3.47. The molecule has 6 heteroatoms. The van der Waals surface area contributed by atoms with E-state index in [0.29, 0.717) is 15.7 Å². The molecule has 0 aliphatic carbocycles. The molecular formula is C11H11FN4S. The van der Waals surface area contributed by atoms with Gasteiger partial charge in [-0.2, -0.15) is 4.98 Å².